The quantitative estimate of drug-likeness (QED) is 0.691. The zero-order chi connectivity index (χ0) is 19.4. The second-order valence-electron chi connectivity index (χ2n) is 6.89. The summed E-state index contributed by atoms with van der Waals surface area (Å²) >= 11 is 0. The van der Waals surface area contributed by atoms with Gasteiger partial charge in [-0.25, -0.2) is 13.4 Å². The molecule has 7 heteroatoms. The highest BCUT2D eigenvalue weighted by Crippen LogP contribution is 2.26. The van der Waals surface area contributed by atoms with Crippen molar-refractivity contribution >= 4 is 27.3 Å². The minimum Gasteiger partial charge on any atom is -0.350 e. The third-order valence-electron chi connectivity index (χ3n) is 4.73. The highest BCUT2D eigenvalue weighted by Gasteiger charge is 2.28. The van der Waals surface area contributed by atoms with E-state index in [1.807, 2.05) is 54.6 Å². The van der Waals surface area contributed by atoms with Gasteiger partial charge in [-0.2, -0.15) is 4.98 Å². The van der Waals surface area contributed by atoms with Gasteiger partial charge in [0.25, 0.3) is 0 Å². The number of rotatable bonds is 6. The fourth-order valence-electron chi connectivity index (χ4n) is 3.34. The number of hydrogen-bond donors (Lipinski definition) is 1. The number of benzene rings is 2. The Balaban J connectivity index is 1.61. The molecule has 0 amide bonds. The first-order valence-electron chi connectivity index (χ1n) is 9.26. The summed E-state index contributed by atoms with van der Waals surface area (Å²) in [5.41, 5.74) is 2.20. The molecule has 0 spiro atoms. The zero-order valence-electron chi connectivity index (χ0n) is 15.4. The first-order chi connectivity index (χ1) is 13.6. The maximum atomic E-state index is 11.7. The van der Waals surface area contributed by atoms with E-state index in [1.54, 1.807) is 6.20 Å². The van der Waals surface area contributed by atoms with Gasteiger partial charge in [0.05, 0.1) is 11.5 Å². The van der Waals surface area contributed by atoms with Gasteiger partial charge in [0.1, 0.15) is 5.82 Å². The first kappa shape index (κ1) is 18.4. The Morgan fingerprint density at radius 1 is 1.00 bits per heavy atom. The van der Waals surface area contributed by atoms with Crippen LogP contribution in [0.4, 0.5) is 17.5 Å². The van der Waals surface area contributed by atoms with Crippen molar-refractivity contribution in [2.75, 3.05) is 21.7 Å². The van der Waals surface area contributed by atoms with Crippen LogP contribution in [-0.4, -0.2) is 35.9 Å². The summed E-state index contributed by atoms with van der Waals surface area (Å²) in [5, 5.41) is 3.18. The van der Waals surface area contributed by atoms with Crippen molar-refractivity contribution in [3.63, 3.8) is 0 Å². The summed E-state index contributed by atoms with van der Waals surface area (Å²) in [4.78, 5) is 11.1. The molecule has 6 nitrogen and oxygen atoms in total. The Labute approximate surface area is 165 Å². The minimum absolute atomic E-state index is 0.132. The monoisotopic (exact) mass is 394 g/mol. The van der Waals surface area contributed by atoms with E-state index in [9.17, 15) is 8.42 Å². The average Bonchev–Trinajstić information content (AvgIpc) is 3.06. The Bertz CT molecular complexity index is 1030. The molecule has 1 fully saturated rings. The zero-order valence-corrected chi connectivity index (χ0v) is 16.2. The smallest absolute Gasteiger partial charge is 0.224 e. The Morgan fingerprint density at radius 3 is 2.39 bits per heavy atom. The Morgan fingerprint density at radius 2 is 1.71 bits per heavy atom. The fraction of sp³-hybridized carbons (Fsp3) is 0.238. The molecular formula is C21H22N4O2S. The van der Waals surface area contributed by atoms with Crippen molar-refractivity contribution in [2.45, 2.75) is 19.0 Å². The molecular weight excluding hydrogens is 372 g/mol. The van der Waals surface area contributed by atoms with Crippen LogP contribution in [0.1, 0.15) is 12.0 Å². The molecule has 0 bridgehead atoms. The van der Waals surface area contributed by atoms with Crippen LogP contribution in [0.2, 0.25) is 0 Å². The van der Waals surface area contributed by atoms with Gasteiger partial charge < -0.3 is 10.2 Å². The normalized spacial score (nSPS) is 17.9. The lowest BCUT2D eigenvalue weighted by Gasteiger charge is -2.24. The van der Waals surface area contributed by atoms with Crippen LogP contribution < -0.4 is 10.2 Å². The predicted octanol–water partition coefficient (Wildman–Crippen LogP) is 3.41. The molecule has 1 N–H and O–H groups in total. The fourth-order valence-corrected chi connectivity index (χ4v) is 5.01. The van der Waals surface area contributed by atoms with Crippen LogP contribution in [0.5, 0.6) is 0 Å². The molecule has 4 rings (SSSR count). The molecule has 2 heterocycles. The van der Waals surface area contributed by atoms with Gasteiger partial charge in [0.15, 0.2) is 9.84 Å². The van der Waals surface area contributed by atoms with Gasteiger partial charge in [-0.3, -0.25) is 0 Å². The second-order valence-corrected chi connectivity index (χ2v) is 9.12. The van der Waals surface area contributed by atoms with Gasteiger partial charge in [-0.1, -0.05) is 48.5 Å². The number of anilines is 3. The van der Waals surface area contributed by atoms with Crippen molar-refractivity contribution in [2.24, 2.45) is 0 Å². The topological polar surface area (TPSA) is 75.2 Å². The van der Waals surface area contributed by atoms with Crippen molar-refractivity contribution in [1.29, 1.82) is 0 Å². The van der Waals surface area contributed by atoms with Crippen LogP contribution in [0.3, 0.4) is 0 Å². The molecule has 144 valence electrons. The molecule has 0 radical (unpaired) electrons. The van der Waals surface area contributed by atoms with Gasteiger partial charge in [0, 0.05) is 24.5 Å². The molecule has 1 atom stereocenters. The highest BCUT2D eigenvalue weighted by molar-refractivity contribution is 7.91. The second kappa shape index (κ2) is 7.98. The maximum absolute atomic E-state index is 11.7. The average molecular weight is 395 g/mol. The molecule has 28 heavy (non-hydrogen) atoms. The van der Waals surface area contributed by atoms with Crippen molar-refractivity contribution < 1.29 is 8.42 Å². The lowest BCUT2D eigenvalue weighted by atomic mass is 10.2. The molecule has 2 aromatic carbocycles. The number of nitrogens with zero attached hydrogens (tertiary/aromatic N) is 3. The first-order valence-corrected chi connectivity index (χ1v) is 11.1. The van der Waals surface area contributed by atoms with E-state index >= 15 is 0 Å². The van der Waals surface area contributed by atoms with Gasteiger partial charge in [-0.05, 0) is 30.2 Å². The maximum Gasteiger partial charge on any atom is 0.224 e. The third-order valence-corrected chi connectivity index (χ3v) is 6.50. The summed E-state index contributed by atoms with van der Waals surface area (Å²) in [6, 6.07) is 22.0. The Hall–Kier alpha value is -2.93. The van der Waals surface area contributed by atoms with Gasteiger partial charge in [-0.15, -0.1) is 0 Å². The third kappa shape index (κ3) is 4.48. The molecule has 1 aliphatic rings. The van der Waals surface area contributed by atoms with Crippen LogP contribution in [0, 0.1) is 0 Å². The molecule has 3 aromatic rings. The summed E-state index contributed by atoms with van der Waals surface area (Å²) in [6.07, 6.45) is 2.29. The van der Waals surface area contributed by atoms with Crippen LogP contribution in [0.15, 0.2) is 72.9 Å². The number of sulfone groups is 1. The molecule has 1 aliphatic heterocycles. The highest BCUT2D eigenvalue weighted by atomic mass is 32.2. The number of aromatic nitrogens is 2. The van der Waals surface area contributed by atoms with E-state index in [0.717, 1.165) is 11.5 Å². The molecule has 1 unspecified atom stereocenters. The van der Waals surface area contributed by atoms with E-state index in [1.165, 1.54) is 5.56 Å². The lowest BCUT2D eigenvalue weighted by molar-refractivity contribution is 0.602. The summed E-state index contributed by atoms with van der Waals surface area (Å²) < 4.78 is 23.4. The predicted molar refractivity (Wildman–Crippen MR) is 111 cm³/mol. The SMILES string of the molecule is O=S1(=O)CCC(Nc2nccc(N(Cc3ccccc3)c3ccccc3)n2)C1. The summed E-state index contributed by atoms with van der Waals surface area (Å²) in [7, 11) is -2.95. The molecule has 1 saturated heterocycles. The van der Waals surface area contributed by atoms with Crippen molar-refractivity contribution in [1.82, 2.24) is 9.97 Å². The van der Waals surface area contributed by atoms with E-state index < -0.39 is 9.84 Å². The number of nitrogens with one attached hydrogen (secondary N) is 1. The van der Waals surface area contributed by atoms with Crippen molar-refractivity contribution in [3.8, 4) is 0 Å². The lowest BCUT2D eigenvalue weighted by Crippen LogP contribution is -2.23. The van der Waals surface area contributed by atoms with E-state index in [0.29, 0.717) is 18.9 Å². The van der Waals surface area contributed by atoms with Crippen LogP contribution in [0.25, 0.3) is 0 Å². The largest absolute Gasteiger partial charge is 0.350 e. The minimum atomic E-state index is -2.95. The van der Waals surface area contributed by atoms with Gasteiger partial charge >= 0.3 is 0 Å². The molecule has 0 saturated carbocycles. The van der Waals surface area contributed by atoms with E-state index in [2.05, 4.69) is 32.3 Å². The standard InChI is InChI=1S/C21H22N4O2S/c26-28(27)14-12-18(16-28)23-21-22-13-11-20(24-21)25(19-9-5-2-6-10-19)15-17-7-3-1-4-8-17/h1-11,13,18H,12,14-16H2,(H,22,23,24). The molecule has 0 aliphatic carbocycles. The molecule has 1 aromatic heterocycles. The summed E-state index contributed by atoms with van der Waals surface area (Å²) in [6.45, 7) is 0.666. The summed E-state index contributed by atoms with van der Waals surface area (Å²) in [5.74, 6) is 1.56. The van der Waals surface area contributed by atoms with Crippen LogP contribution >= 0.6 is 0 Å². The number of hydrogen-bond acceptors (Lipinski definition) is 6. The van der Waals surface area contributed by atoms with E-state index in [-0.39, 0.29) is 17.5 Å². The van der Waals surface area contributed by atoms with Crippen LogP contribution in [-0.2, 0) is 16.4 Å². The Kier molecular flexibility index (Phi) is 5.25. The van der Waals surface area contributed by atoms with Crippen molar-refractivity contribution in [3.05, 3.63) is 78.5 Å². The number of para-hydroxylation sites is 1. The van der Waals surface area contributed by atoms with E-state index in [4.69, 9.17) is 0 Å². The van der Waals surface area contributed by atoms with Gasteiger partial charge in [0.2, 0.25) is 5.95 Å².